The number of hydrogen-bond acceptors (Lipinski definition) is 7. The Morgan fingerprint density at radius 2 is 1.97 bits per heavy atom. The standard InChI is InChI=1S/C25H26N6O3/c1-6-19-14-33-25(32)31(19)24-29-17(4)28-23(30-24)27-16(3)18-9-12-22(21(13-18)26-5)34-20-10-7-15(2)8-11-20/h7-13,16,19H,6,14H2,1-4H3,(H,27,28,29,30)/t16-,19-/m0/s1. The van der Waals surface area contributed by atoms with E-state index in [0.29, 0.717) is 35.6 Å². The predicted octanol–water partition coefficient (Wildman–Crippen LogP) is 5.74. The first-order valence-electron chi connectivity index (χ1n) is 11.1. The fourth-order valence-electron chi connectivity index (χ4n) is 3.63. The lowest BCUT2D eigenvalue weighted by atomic mass is 10.1. The average Bonchev–Trinajstić information content (AvgIpc) is 3.20. The van der Waals surface area contributed by atoms with Crippen molar-refractivity contribution >= 4 is 23.7 Å². The van der Waals surface area contributed by atoms with Crippen molar-refractivity contribution in [3.8, 4) is 11.5 Å². The van der Waals surface area contributed by atoms with Crippen molar-refractivity contribution in [3.63, 3.8) is 0 Å². The number of amides is 1. The van der Waals surface area contributed by atoms with Crippen LogP contribution in [0.3, 0.4) is 0 Å². The van der Waals surface area contributed by atoms with Crippen molar-refractivity contribution in [2.45, 2.75) is 46.2 Å². The number of ether oxygens (including phenoxy) is 2. The summed E-state index contributed by atoms with van der Waals surface area (Å²) in [5, 5.41) is 3.25. The first-order chi connectivity index (χ1) is 16.4. The number of aromatic nitrogens is 3. The van der Waals surface area contributed by atoms with Gasteiger partial charge < -0.3 is 14.8 Å². The van der Waals surface area contributed by atoms with Crippen LogP contribution in [-0.4, -0.2) is 33.7 Å². The van der Waals surface area contributed by atoms with Crippen molar-refractivity contribution in [1.29, 1.82) is 0 Å². The molecule has 0 spiro atoms. The number of rotatable bonds is 7. The number of aryl methyl sites for hydroxylation is 2. The summed E-state index contributed by atoms with van der Waals surface area (Å²) >= 11 is 0. The number of hydrogen-bond donors (Lipinski definition) is 1. The van der Waals surface area contributed by atoms with Gasteiger partial charge in [-0.15, -0.1) is 0 Å². The fraction of sp³-hybridized carbons (Fsp3) is 0.320. The van der Waals surface area contributed by atoms with Crippen LogP contribution in [0.2, 0.25) is 0 Å². The summed E-state index contributed by atoms with van der Waals surface area (Å²) in [6.45, 7) is 15.6. The average molecular weight is 459 g/mol. The molecule has 0 bridgehead atoms. The van der Waals surface area contributed by atoms with E-state index in [2.05, 4.69) is 25.1 Å². The molecule has 1 aliphatic rings. The van der Waals surface area contributed by atoms with E-state index in [1.54, 1.807) is 19.1 Å². The summed E-state index contributed by atoms with van der Waals surface area (Å²) in [5.41, 5.74) is 2.41. The van der Waals surface area contributed by atoms with Gasteiger partial charge in [-0.1, -0.05) is 30.7 Å². The Kier molecular flexibility index (Phi) is 6.59. The minimum absolute atomic E-state index is 0.109. The lowest BCUT2D eigenvalue weighted by molar-refractivity contribution is 0.178. The van der Waals surface area contributed by atoms with Crippen LogP contribution in [0.1, 0.15) is 43.3 Å². The normalized spacial score (nSPS) is 16.0. The van der Waals surface area contributed by atoms with E-state index in [9.17, 15) is 4.79 Å². The molecule has 1 N–H and O–H groups in total. The van der Waals surface area contributed by atoms with Gasteiger partial charge in [0, 0.05) is 0 Å². The van der Waals surface area contributed by atoms with E-state index in [4.69, 9.17) is 16.0 Å². The third kappa shape index (κ3) is 4.91. The minimum atomic E-state index is -0.456. The van der Waals surface area contributed by atoms with Gasteiger partial charge >= 0.3 is 6.09 Å². The third-order valence-corrected chi connectivity index (χ3v) is 5.58. The molecule has 1 aromatic heterocycles. The Hall–Kier alpha value is -4.19. The van der Waals surface area contributed by atoms with Crippen LogP contribution in [0.5, 0.6) is 11.5 Å². The molecule has 1 saturated heterocycles. The van der Waals surface area contributed by atoms with Gasteiger partial charge in [-0.3, -0.25) is 0 Å². The molecule has 1 amide bonds. The molecule has 0 saturated carbocycles. The maximum atomic E-state index is 12.2. The maximum Gasteiger partial charge on any atom is 0.417 e. The van der Waals surface area contributed by atoms with Crippen molar-refractivity contribution in [2.24, 2.45) is 0 Å². The van der Waals surface area contributed by atoms with Crippen LogP contribution in [0.25, 0.3) is 4.85 Å². The van der Waals surface area contributed by atoms with Gasteiger partial charge in [-0.25, -0.2) is 14.5 Å². The van der Waals surface area contributed by atoms with Gasteiger partial charge in [0.25, 0.3) is 0 Å². The van der Waals surface area contributed by atoms with Crippen LogP contribution >= 0.6 is 0 Å². The highest BCUT2D eigenvalue weighted by molar-refractivity contribution is 5.88. The van der Waals surface area contributed by atoms with Gasteiger partial charge in [0.15, 0.2) is 0 Å². The van der Waals surface area contributed by atoms with Crippen molar-refractivity contribution < 1.29 is 14.3 Å². The van der Waals surface area contributed by atoms with Crippen molar-refractivity contribution in [1.82, 2.24) is 15.0 Å². The number of carbonyl (C=O) groups is 1. The molecule has 34 heavy (non-hydrogen) atoms. The molecule has 1 fully saturated rings. The molecule has 0 unspecified atom stereocenters. The van der Waals surface area contributed by atoms with E-state index in [0.717, 1.165) is 17.5 Å². The second-order valence-electron chi connectivity index (χ2n) is 8.14. The number of carbonyl (C=O) groups excluding carboxylic acids is 1. The zero-order chi connectivity index (χ0) is 24.2. The smallest absolute Gasteiger partial charge is 0.417 e. The number of benzene rings is 2. The summed E-state index contributed by atoms with van der Waals surface area (Å²) in [6.07, 6.45) is 0.272. The van der Waals surface area contributed by atoms with E-state index in [1.165, 1.54) is 4.90 Å². The molecule has 2 atom stereocenters. The molecule has 1 aliphatic heterocycles. The zero-order valence-corrected chi connectivity index (χ0v) is 19.6. The third-order valence-electron chi connectivity index (χ3n) is 5.58. The molecular formula is C25H26N6O3. The topological polar surface area (TPSA) is 93.8 Å². The van der Waals surface area contributed by atoms with E-state index < -0.39 is 6.09 Å². The Balaban J connectivity index is 1.54. The molecule has 2 heterocycles. The summed E-state index contributed by atoms with van der Waals surface area (Å²) in [7, 11) is 0. The van der Waals surface area contributed by atoms with Crippen LogP contribution < -0.4 is 15.0 Å². The van der Waals surface area contributed by atoms with Crippen LogP contribution in [0.15, 0.2) is 42.5 Å². The minimum Gasteiger partial charge on any atom is -0.468 e. The van der Waals surface area contributed by atoms with Gasteiger partial charge in [0.05, 0.1) is 18.7 Å². The van der Waals surface area contributed by atoms with Crippen LogP contribution in [0, 0.1) is 20.4 Å². The monoisotopic (exact) mass is 458 g/mol. The largest absolute Gasteiger partial charge is 0.468 e. The van der Waals surface area contributed by atoms with Gasteiger partial charge in [-0.2, -0.15) is 15.0 Å². The van der Waals surface area contributed by atoms with Crippen LogP contribution in [-0.2, 0) is 4.74 Å². The number of anilines is 2. The lowest BCUT2D eigenvalue weighted by Gasteiger charge is -2.20. The van der Waals surface area contributed by atoms with Gasteiger partial charge in [0.2, 0.25) is 17.6 Å². The molecule has 0 radical (unpaired) electrons. The van der Waals surface area contributed by atoms with E-state index in [1.807, 2.05) is 51.1 Å². The molecule has 174 valence electrons. The molecule has 2 aromatic carbocycles. The molecular weight excluding hydrogens is 432 g/mol. The Bertz CT molecular complexity index is 1240. The highest BCUT2D eigenvalue weighted by Crippen LogP contribution is 2.35. The van der Waals surface area contributed by atoms with Crippen molar-refractivity contribution in [3.05, 3.63) is 70.8 Å². The van der Waals surface area contributed by atoms with Gasteiger partial charge in [0.1, 0.15) is 23.9 Å². The van der Waals surface area contributed by atoms with Gasteiger partial charge in [-0.05, 0) is 57.0 Å². The highest BCUT2D eigenvalue weighted by Gasteiger charge is 2.35. The van der Waals surface area contributed by atoms with Crippen molar-refractivity contribution in [2.75, 3.05) is 16.8 Å². The Morgan fingerprint density at radius 3 is 2.68 bits per heavy atom. The SMILES string of the molecule is [C-]#[N+]c1cc([C@H](C)Nc2nc(C)nc(N3C(=O)OC[C@@H]3CC)n2)ccc1Oc1ccc(C)cc1. The Labute approximate surface area is 198 Å². The Morgan fingerprint density at radius 1 is 1.21 bits per heavy atom. The molecule has 9 nitrogen and oxygen atoms in total. The predicted molar refractivity (Wildman–Crippen MR) is 128 cm³/mol. The number of nitrogens with one attached hydrogen (secondary N) is 1. The van der Waals surface area contributed by atoms with E-state index in [-0.39, 0.29) is 18.0 Å². The molecule has 0 aliphatic carbocycles. The summed E-state index contributed by atoms with van der Waals surface area (Å²) in [6, 6.07) is 12.8. The summed E-state index contributed by atoms with van der Waals surface area (Å²) in [4.78, 5) is 30.5. The molecule has 4 rings (SSSR count). The second kappa shape index (κ2) is 9.75. The fourth-order valence-corrected chi connectivity index (χ4v) is 3.63. The molecule has 3 aromatic rings. The van der Waals surface area contributed by atoms with Crippen LogP contribution in [0.4, 0.5) is 22.4 Å². The first kappa shape index (κ1) is 23.0. The zero-order valence-electron chi connectivity index (χ0n) is 19.6. The summed E-state index contributed by atoms with van der Waals surface area (Å²) < 4.78 is 11.1. The second-order valence-corrected chi connectivity index (χ2v) is 8.14. The number of cyclic esters (lactones) is 1. The first-order valence-corrected chi connectivity index (χ1v) is 11.1. The quantitative estimate of drug-likeness (QED) is 0.451. The maximum absolute atomic E-state index is 12.2. The highest BCUT2D eigenvalue weighted by atomic mass is 16.6. The lowest BCUT2D eigenvalue weighted by Crippen LogP contribution is -2.34. The number of nitrogens with zero attached hydrogens (tertiary/aromatic N) is 5. The van der Waals surface area contributed by atoms with E-state index >= 15 is 0 Å². The summed E-state index contributed by atoms with van der Waals surface area (Å²) in [5.74, 6) is 2.26. The molecule has 9 heteroatoms.